The molecule has 1 heterocycles. The van der Waals surface area contributed by atoms with Gasteiger partial charge in [-0.2, -0.15) is 0 Å². The molecule has 1 aliphatic heterocycles. The van der Waals surface area contributed by atoms with Crippen LogP contribution in [-0.4, -0.2) is 36.4 Å². The van der Waals surface area contributed by atoms with E-state index in [2.05, 4.69) is 10.6 Å². The third-order valence-corrected chi connectivity index (χ3v) is 5.41. The minimum Gasteiger partial charge on any atom is -0.493 e. The van der Waals surface area contributed by atoms with Gasteiger partial charge in [0.2, 0.25) is 5.91 Å². The van der Waals surface area contributed by atoms with Crippen LogP contribution >= 0.6 is 0 Å². The largest absolute Gasteiger partial charge is 0.493 e. The highest BCUT2D eigenvalue weighted by atomic mass is 19.1. The fraction of sp³-hybridized carbons (Fsp3) is 0.148. The van der Waals surface area contributed by atoms with Gasteiger partial charge in [-0.25, -0.2) is 14.1 Å². The Morgan fingerprint density at radius 3 is 2.61 bits per heavy atom. The van der Waals surface area contributed by atoms with Gasteiger partial charge >= 0.3 is 6.03 Å². The number of hydrogen-bond acceptors (Lipinski definition) is 5. The molecule has 8 nitrogen and oxygen atoms in total. The van der Waals surface area contributed by atoms with Crippen molar-refractivity contribution in [2.24, 2.45) is 0 Å². The molecule has 0 radical (unpaired) electrons. The molecular weight excluding hydrogens is 465 g/mol. The summed E-state index contributed by atoms with van der Waals surface area (Å²) in [7, 11) is 1.46. The normalized spacial score (nSPS) is 14.1. The van der Waals surface area contributed by atoms with E-state index in [9.17, 15) is 18.8 Å². The van der Waals surface area contributed by atoms with E-state index >= 15 is 0 Å². The van der Waals surface area contributed by atoms with Crippen molar-refractivity contribution < 1.29 is 28.2 Å². The molecule has 3 aromatic rings. The van der Waals surface area contributed by atoms with Crippen LogP contribution in [-0.2, 0) is 16.2 Å². The number of methoxy groups -OCH3 is 1. The molecule has 3 aromatic carbocycles. The summed E-state index contributed by atoms with van der Waals surface area (Å²) in [6, 6.07) is 17.7. The Kier molecular flexibility index (Phi) is 7.29. The van der Waals surface area contributed by atoms with E-state index in [1.807, 2.05) is 13.0 Å². The van der Waals surface area contributed by atoms with E-state index in [4.69, 9.17) is 9.47 Å². The molecule has 1 saturated heterocycles. The second-order valence-electron chi connectivity index (χ2n) is 8.09. The maximum absolute atomic E-state index is 13.9. The second-order valence-corrected chi connectivity index (χ2v) is 8.09. The Hall–Kier alpha value is -4.66. The van der Waals surface area contributed by atoms with Gasteiger partial charge in [0.25, 0.3) is 5.91 Å². The number of imide groups is 1. The summed E-state index contributed by atoms with van der Waals surface area (Å²) in [5, 5.41) is 5.17. The number of nitrogens with zero attached hydrogens (tertiary/aromatic N) is 1. The first-order valence-corrected chi connectivity index (χ1v) is 11.1. The highest BCUT2D eigenvalue weighted by Gasteiger charge is 2.35. The summed E-state index contributed by atoms with van der Waals surface area (Å²) in [5.41, 5.74) is 2.51. The van der Waals surface area contributed by atoms with E-state index < -0.39 is 24.4 Å². The number of carbonyl (C=O) groups is 3. The summed E-state index contributed by atoms with van der Waals surface area (Å²) < 4.78 is 24.9. The maximum Gasteiger partial charge on any atom is 0.329 e. The number of ether oxygens (including phenoxy) is 2. The zero-order chi connectivity index (χ0) is 25.7. The molecule has 0 saturated carbocycles. The first-order chi connectivity index (χ1) is 17.3. The first-order valence-electron chi connectivity index (χ1n) is 11.1. The standard InChI is InChI=1S/C27H24FN3O5/c1-17-6-5-8-20(12-17)29-25(32)15-31-26(33)22(30-27(31)34)13-18-10-11-23(24(14-18)35-2)36-16-19-7-3-4-9-21(19)28/h3-14H,15-16H2,1-2H3,(H,29,32)(H,30,34)/b22-13+. The third kappa shape index (κ3) is 5.69. The van der Waals surface area contributed by atoms with Crippen LogP contribution in [0.2, 0.25) is 0 Å². The lowest BCUT2D eigenvalue weighted by Gasteiger charge is -2.12. The van der Waals surface area contributed by atoms with Crippen molar-refractivity contribution in [3.05, 3.63) is 94.9 Å². The lowest BCUT2D eigenvalue weighted by atomic mass is 10.1. The van der Waals surface area contributed by atoms with Crippen molar-refractivity contribution in [2.75, 3.05) is 19.0 Å². The van der Waals surface area contributed by atoms with E-state index in [1.165, 1.54) is 19.3 Å². The topological polar surface area (TPSA) is 97.0 Å². The number of rotatable bonds is 8. The average Bonchev–Trinajstić information content (AvgIpc) is 3.11. The van der Waals surface area contributed by atoms with Gasteiger partial charge in [0.15, 0.2) is 11.5 Å². The van der Waals surface area contributed by atoms with Gasteiger partial charge in [0.1, 0.15) is 24.7 Å². The Morgan fingerprint density at radius 2 is 1.86 bits per heavy atom. The summed E-state index contributed by atoms with van der Waals surface area (Å²) >= 11 is 0. The van der Waals surface area contributed by atoms with E-state index in [-0.39, 0.29) is 18.1 Å². The van der Waals surface area contributed by atoms with Crippen LogP contribution in [0.4, 0.5) is 14.9 Å². The molecule has 2 N–H and O–H groups in total. The highest BCUT2D eigenvalue weighted by molar-refractivity contribution is 6.16. The smallest absolute Gasteiger partial charge is 0.329 e. The molecule has 0 atom stereocenters. The Labute approximate surface area is 207 Å². The zero-order valence-electron chi connectivity index (χ0n) is 19.7. The molecule has 36 heavy (non-hydrogen) atoms. The van der Waals surface area contributed by atoms with Crippen molar-refractivity contribution in [2.45, 2.75) is 13.5 Å². The van der Waals surface area contributed by atoms with Gasteiger partial charge in [-0.3, -0.25) is 9.59 Å². The number of nitrogens with one attached hydrogen (secondary N) is 2. The summed E-state index contributed by atoms with van der Waals surface area (Å²) in [4.78, 5) is 38.3. The Morgan fingerprint density at radius 1 is 1.06 bits per heavy atom. The molecule has 0 bridgehead atoms. The number of anilines is 1. The fourth-order valence-electron chi connectivity index (χ4n) is 3.61. The molecule has 0 aromatic heterocycles. The molecule has 0 aliphatic carbocycles. The number of benzene rings is 3. The number of aryl methyl sites for hydroxylation is 1. The SMILES string of the molecule is COc1cc(/C=C2/NC(=O)N(CC(=O)Nc3cccc(C)c3)C2=O)ccc1OCc1ccccc1F. The monoisotopic (exact) mass is 489 g/mol. The van der Waals surface area contributed by atoms with Gasteiger partial charge in [-0.15, -0.1) is 0 Å². The average molecular weight is 490 g/mol. The molecule has 4 rings (SSSR count). The quantitative estimate of drug-likeness (QED) is 0.364. The second kappa shape index (κ2) is 10.7. The summed E-state index contributed by atoms with van der Waals surface area (Å²) in [6.07, 6.45) is 1.47. The highest BCUT2D eigenvalue weighted by Crippen LogP contribution is 2.30. The van der Waals surface area contributed by atoms with E-state index in [0.29, 0.717) is 28.3 Å². The lowest BCUT2D eigenvalue weighted by molar-refractivity contribution is -0.127. The van der Waals surface area contributed by atoms with E-state index in [0.717, 1.165) is 10.5 Å². The van der Waals surface area contributed by atoms with E-state index in [1.54, 1.807) is 54.6 Å². The predicted molar refractivity (Wildman–Crippen MR) is 132 cm³/mol. The maximum atomic E-state index is 13.9. The lowest BCUT2D eigenvalue weighted by Crippen LogP contribution is -2.38. The van der Waals surface area contributed by atoms with Gasteiger partial charge in [0, 0.05) is 11.3 Å². The van der Waals surface area contributed by atoms with Crippen molar-refractivity contribution in [1.82, 2.24) is 10.2 Å². The van der Waals surface area contributed by atoms with Crippen LogP contribution in [0.25, 0.3) is 6.08 Å². The zero-order valence-corrected chi connectivity index (χ0v) is 19.7. The molecular formula is C27H24FN3O5. The Balaban J connectivity index is 1.43. The van der Waals surface area contributed by atoms with Crippen LogP contribution in [0.15, 0.2) is 72.4 Å². The summed E-state index contributed by atoms with van der Waals surface area (Å²) in [6.45, 7) is 1.47. The first kappa shape index (κ1) is 24.5. The number of amides is 4. The van der Waals surface area contributed by atoms with Gasteiger partial charge in [-0.05, 0) is 54.5 Å². The van der Waals surface area contributed by atoms with Crippen molar-refractivity contribution in [3.63, 3.8) is 0 Å². The summed E-state index contributed by atoms with van der Waals surface area (Å²) in [5.74, 6) is -0.738. The molecule has 1 aliphatic rings. The van der Waals surface area contributed by atoms with Crippen LogP contribution in [0.3, 0.4) is 0 Å². The number of carbonyl (C=O) groups excluding carboxylic acids is 3. The minimum absolute atomic E-state index is 0.0115. The van der Waals surface area contributed by atoms with Crippen LogP contribution in [0.5, 0.6) is 11.5 Å². The van der Waals surface area contributed by atoms with Crippen LogP contribution in [0.1, 0.15) is 16.7 Å². The molecule has 0 spiro atoms. The third-order valence-electron chi connectivity index (χ3n) is 5.41. The molecule has 0 unspecified atom stereocenters. The van der Waals surface area contributed by atoms with Crippen LogP contribution < -0.4 is 20.1 Å². The van der Waals surface area contributed by atoms with Gasteiger partial charge in [0.05, 0.1) is 7.11 Å². The number of halogens is 1. The molecule has 4 amide bonds. The Bertz CT molecular complexity index is 1350. The van der Waals surface area contributed by atoms with Crippen molar-refractivity contribution >= 4 is 29.6 Å². The number of urea groups is 1. The molecule has 184 valence electrons. The number of hydrogen-bond donors (Lipinski definition) is 2. The van der Waals surface area contributed by atoms with Gasteiger partial charge < -0.3 is 20.1 Å². The van der Waals surface area contributed by atoms with Crippen molar-refractivity contribution in [1.29, 1.82) is 0 Å². The van der Waals surface area contributed by atoms with Gasteiger partial charge in [-0.1, -0.05) is 36.4 Å². The molecule has 9 heteroatoms. The fourth-order valence-corrected chi connectivity index (χ4v) is 3.61. The minimum atomic E-state index is -0.692. The van der Waals surface area contributed by atoms with Crippen molar-refractivity contribution in [3.8, 4) is 11.5 Å². The molecule has 1 fully saturated rings. The van der Waals surface area contributed by atoms with Crippen LogP contribution in [0, 0.1) is 12.7 Å². The predicted octanol–water partition coefficient (Wildman–Crippen LogP) is 4.25.